The number of aryl methyl sites for hydroxylation is 1. The molecule has 3 rings (SSSR count). The predicted molar refractivity (Wildman–Crippen MR) is 73.9 cm³/mol. The van der Waals surface area contributed by atoms with Crippen molar-refractivity contribution in [1.29, 1.82) is 0 Å². The van der Waals surface area contributed by atoms with E-state index in [1.165, 1.54) is 42.6 Å². The van der Waals surface area contributed by atoms with Crippen molar-refractivity contribution < 1.29 is 0 Å². The third-order valence-electron chi connectivity index (χ3n) is 4.38. The Morgan fingerprint density at radius 1 is 1.29 bits per heavy atom. The zero-order chi connectivity index (χ0) is 11.9. The van der Waals surface area contributed by atoms with Crippen molar-refractivity contribution in [2.24, 2.45) is 0 Å². The second kappa shape index (κ2) is 3.94. The van der Waals surface area contributed by atoms with Crippen LogP contribution < -0.4 is 10.2 Å². The molecule has 1 N–H and O–H groups in total. The Labute approximate surface area is 104 Å². The summed E-state index contributed by atoms with van der Waals surface area (Å²) in [6, 6.07) is 6.86. The molecule has 2 aliphatic rings. The van der Waals surface area contributed by atoms with Gasteiger partial charge in [0.25, 0.3) is 0 Å². The Hall–Kier alpha value is -1.18. The van der Waals surface area contributed by atoms with Crippen molar-refractivity contribution >= 4 is 11.4 Å². The molecule has 0 unspecified atom stereocenters. The number of rotatable bonds is 1. The Kier molecular flexibility index (Phi) is 2.53. The van der Waals surface area contributed by atoms with E-state index in [4.69, 9.17) is 0 Å². The van der Waals surface area contributed by atoms with Crippen LogP contribution in [-0.2, 0) is 6.42 Å². The van der Waals surface area contributed by atoms with Crippen molar-refractivity contribution in [2.45, 2.75) is 44.6 Å². The number of anilines is 2. The summed E-state index contributed by atoms with van der Waals surface area (Å²) in [6.07, 6.45) is 6.53. The van der Waals surface area contributed by atoms with Crippen molar-refractivity contribution in [3.8, 4) is 0 Å². The lowest BCUT2D eigenvalue weighted by atomic mass is 9.92. The molecule has 0 amide bonds. The van der Waals surface area contributed by atoms with Gasteiger partial charge in [0, 0.05) is 13.6 Å². The molecule has 0 aromatic heterocycles. The first-order valence-electron chi connectivity index (χ1n) is 6.85. The van der Waals surface area contributed by atoms with E-state index in [0.29, 0.717) is 5.54 Å². The number of benzene rings is 1. The number of fused-ring (bicyclic) bond motifs is 1. The van der Waals surface area contributed by atoms with Gasteiger partial charge in [-0.3, -0.25) is 0 Å². The molecule has 1 aromatic rings. The van der Waals surface area contributed by atoms with Gasteiger partial charge < -0.3 is 10.2 Å². The standard InChI is InChI=1S/C15H22N2/c1-3-12-6-7-14-13(10-12)16-15(11-17(14)2)8-4-5-9-15/h6-7,10,16H,3-5,8-9,11H2,1-2H3. The molecule has 1 aromatic carbocycles. The van der Waals surface area contributed by atoms with Crippen molar-refractivity contribution in [3.63, 3.8) is 0 Å². The molecule has 0 radical (unpaired) electrons. The molecule has 0 saturated heterocycles. The fourth-order valence-electron chi connectivity index (χ4n) is 3.44. The fraction of sp³-hybridized carbons (Fsp3) is 0.600. The minimum Gasteiger partial charge on any atom is -0.376 e. The van der Waals surface area contributed by atoms with E-state index in [-0.39, 0.29) is 0 Å². The molecule has 1 aliphatic heterocycles. The average Bonchev–Trinajstić information content (AvgIpc) is 2.76. The van der Waals surface area contributed by atoms with Crippen LogP contribution in [0.2, 0.25) is 0 Å². The average molecular weight is 230 g/mol. The molecule has 1 saturated carbocycles. The van der Waals surface area contributed by atoms with Gasteiger partial charge in [-0.1, -0.05) is 25.8 Å². The molecule has 92 valence electrons. The van der Waals surface area contributed by atoms with Gasteiger partial charge in [0.15, 0.2) is 0 Å². The van der Waals surface area contributed by atoms with Crippen LogP contribution in [0.4, 0.5) is 11.4 Å². The van der Waals surface area contributed by atoms with Gasteiger partial charge in [-0.15, -0.1) is 0 Å². The first-order valence-corrected chi connectivity index (χ1v) is 6.85. The Balaban J connectivity index is 1.97. The monoisotopic (exact) mass is 230 g/mol. The van der Waals surface area contributed by atoms with E-state index in [2.05, 4.69) is 42.4 Å². The minimum absolute atomic E-state index is 0.355. The SMILES string of the molecule is CCc1ccc2c(c1)NC1(CCCC1)CN2C. The van der Waals surface area contributed by atoms with Gasteiger partial charge in [0.05, 0.1) is 16.9 Å². The summed E-state index contributed by atoms with van der Waals surface area (Å²) >= 11 is 0. The van der Waals surface area contributed by atoms with E-state index in [0.717, 1.165) is 13.0 Å². The lowest BCUT2D eigenvalue weighted by Crippen LogP contribution is -2.49. The van der Waals surface area contributed by atoms with Crippen LogP contribution in [0.3, 0.4) is 0 Å². The second-order valence-electron chi connectivity index (χ2n) is 5.67. The molecule has 1 fully saturated rings. The van der Waals surface area contributed by atoms with Crippen molar-refractivity contribution in [3.05, 3.63) is 23.8 Å². The number of nitrogens with zero attached hydrogens (tertiary/aromatic N) is 1. The molecule has 1 spiro atoms. The highest BCUT2D eigenvalue weighted by atomic mass is 15.2. The van der Waals surface area contributed by atoms with Gasteiger partial charge in [0.1, 0.15) is 0 Å². The van der Waals surface area contributed by atoms with Gasteiger partial charge in [0.2, 0.25) is 0 Å². The molecule has 0 atom stereocenters. The summed E-state index contributed by atoms with van der Waals surface area (Å²) < 4.78 is 0. The van der Waals surface area contributed by atoms with Crippen LogP contribution in [-0.4, -0.2) is 19.1 Å². The number of hydrogen-bond acceptors (Lipinski definition) is 2. The molecule has 1 heterocycles. The molecular formula is C15H22N2. The summed E-state index contributed by atoms with van der Waals surface area (Å²) in [7, 11) is 2.23. The first-order chi connectivity index (χ1) is 8.22. The maximum atomic E-state index is 3.84. The van der Waals surface area contributed by atoms with Gasteiger partial charge in [-0.05, 0) is 37.0 Å². The summed E-state index contributed by atoms with van der Waals surface area (Å²) in [5.41, 5.74) is 4.49. The van der Waals surface area contributed by atoms with E-state index in [1.807, 2.05) is 0 Å². The van der Waals surface area contributed by atoms with E-state index >= 15 is 0 Å². The van der Waals surface area contributed by atoms with Crippen LogP contribution in [0.1, 0.15) is 38.2 Å². The Morgan fingerprint density at radius 3 is 2.76 bits per heavy atom. The quantitative estimate of drug-likeness (QED) is 0.795. The predicted octanol–water partition coefficient (Wildman–Crippen LogP) is 3.42. The van der Waals surface area contributed by atoms with Crippen LogP contribution in [0.15, 0.2) is 18.2 Å². The van der Waals surface area contributed by atoms with Crippen LogP contribution in [0.25, 0.3) is 0 Å². The lowest BCUT2D eigenvalue weighted by Gasteiger charge is -2.42. The zero-order valence-electron chi connectivity index (χ0n) is 10.9. The topological polar surface area (TPSA) is 15.3 Å². The number of likely N-dealkylation sites (N-methyl/N-ethyl adjacent to an activating group) is 1. The lowest BCUT2D eigenvalue weighted by molar-refractivity contribution is 0.472. The Bertz CT molecular complexity index is 419. The summed E-state index contributed by atoms with van der Waals surface area (Å²) in [4.78, 5) is 2.43. The molecule has 0 bridgehead atoms. The first kappa shape index (κ1) is 10.9. The fourth-order valence-corrected chi connectivity index (χ4v) is 3.44. The third kappa shape index (κ3) is 1.80. The van der Waals surface area contributed by atoms with Gasteiger partial charge in [-0.2, -0.15) is 0 Å². The minimum atomic E-state index is 0.355. The van der Waals surface area contributed by atoms with E-state index < -0.39 is 0 Å². The van der Waals surface area contributed by atoms with Crippen molar-refractivity contribution in [2.75, 3.05) is 23.8 Å². The third-order valence-corrected chi connectivity index (χ3v) is 4.38. The summed E-state index contributed by atoms with van der Waals surface area (Å²) in [5, 5.41) is 3.84. The highest BCUT2D eigenvalue weighted by molar-refractivity contribution is 5.74. The maximum Gasteiger partial charge on any atom is 0.0600 e. The molecule has 1 aliphatic carbocycles. The van der Waals surface area contributed by atoms with E-state index in [9.17, 15) is 0 Å². The summed E-state index contributed by atoms with van der Waals surface area (Å²) in [5.74, 6) is 0. The highest BCUT2D eigenvalue weighted by Crippen LogP contribution is 2.41. The Morgan fingerprint density at radius 2 is 2.06 bits per heavy atom. The molecular weight excluding hydrogens is 208 g/mol. The van der Waals surface area contributed by atoms with Crippen LogP contribution >= 0.6 is 0 Å². The molecule has 17 heavy (non-hydrogen) atoms. The van der Waals surface area contributed by atoms with Crippen LogP contribution in [0.5, 0.6) is 0 Å². The highest BCUT2D eigenvalue weighted by Gasteiger charge is 2.38. The smallest absolute Gasteiger partial charge is 0.0600 e. The maximum absolute atomic E-state index is 3.84. The summed E-state index contributed by atoms with van der Waals surface area (Å²) in [6.45, 7) is 3.38. The van der Waals surface area contributed by atoms with Gasteiger partial charge in [-0.25, -0.2) is 0 Å². The second-order valence-corrected chi connectivity index (χ2v) is 5.67. The normalized spacial score (nSPS) is 21.4. The number of nitrogens with one attached hydrogen (secondary N) is 1. The molecule has 2 heteroatoms. The van der Waals surface area contributed by atoms with Crippen molar-refractivity contribution in [1.82, 2.24) is 0 Å². The number of hydrogen-bond donors (Lipinski definition) is 1. The van der Waals surface area contributed by atoms with E-state index in [1.54, 1.807) is 0 Å². The van der Waals surface area contributed by atoms with Gasteiger partial charge >= 0.3 is 0 Å². The molecule has 2 nitrogen and oxygen atoms in total. The van der Waals surface area contributed by atoms with Crippen LogP contribution in [0, 0.1) is 0 Å². The zero-order valence-corrected chi connectivity index (χ0v) is 10.9. The largest absolute Gasteiger partial charge is 0.376 e.